The molecular weight excluding hydrogens is 316 g/mol. The van der Waals surface area contributed by atoms with Crippen molar-refractivity contribution in [3.8, 4) is 5.88 Å². The molecule has 3 heterocycles. The van der Waals surface area contributed by atoms with Crippen LogP contribution in [0.15, 0.2) is 47.7 Å². The van der Waals surface area contributed by atoms with Crippen molar-refractivity contribution >= 4 is 11.8 Å². The molecule has 0 spiro atoms. The summed E-state index contributed by atoms with van der Waals surface area (Å²) in [6, 6.07) is 9.90. The van der Waals surface area contributed by atoms with Crippen LogP contribution in [0.4, 0.5) is 5.82 Å². The van der Waals surface area contributed by atoms with Crippen molar-refractivity contribution in [2.75, 3.05) is 45.2 Å². The Kier molecular flexibility index (Phi) is 5.66. The number of methoxy groups -OCH3 is 1. The highest BCUT2D eigenvalue weighted by Crippen LogP contribution is 2.13. The summed E-state index contributed by atoms with van der Waals surface area (Å²) >= 11 is 0. The third kappa shape index (κ3) is 4.37. The molecule has 2 aromatic rings. The summed E-state index contributed by atoms with van der Waals surface area (Å²) in [5.74, 6) is 2.57. The minimum absolute atomic E-state index is 0.624. The molecule has 0 bridgehead atoms. The quantitative estimate of drug-likeness (QED) is 0.670. The van der Waals surface area contributed by atoms with Crippen molar-refractivity contribution in [2.45, 2.75) is 6.54 Å². The van der Waals surface area contributed by atoms with Gasteiger partial charge in [-0.25, -0.2) is 9.97 Å². The summed E-state index contributed by atoms with van der Waals surface area (Å²) in [5, 5.41) is 3.41. The van der Waals surface area contributed by atoms with Gasteiger partial charge in [0.25, 0.3) is 0 Å². The monoisotopic (exact) mass is 340 g/mol. The molecule has 0 aromatic carbocycles. The lowest BCUT2D eigenvalue weighted by Gasteiger charge is -2.37. The van der Waals surface area contributed by atoms with Crippen LogP contribution in [0.3, 0.4) is 0 Å². The van der Waals surface area contributed by atoms with Crippen LogP contribution in [0, 0.1) is 0 Å². The van der Waals surface area contributed by atoms with Gasteiger partial charge in [-0.1, -0.05) is 12.1 Å². The fraction of sp³-hybridized carbons (Fsp3) is 0.389. The second-order valence-electron chi connectivity index (χ2n) is 5.77. The number of nitrogens with one attached hydrogen (secondary N) is 1. The summed E-state index contributed by atoms with van der Waals surface area (Å²) in [4.78, 5) is 17.6. The van der Waals surface area contributed by atoms with E-state index in [1.54, 1.807) is 7.11 Å². The number of guanidine groups is 1. The zero-order valence-electron chi connectivity index (χ0n) is 14.7. The molecule has 1 N–H and O–H groups in total. The number of aromatic nitrogens is 2. The number of aliphatic imine (C=N–C) groups is 1. The molecule has 1 fully saturated rings. The van der Waals surface area contributed by atoms with Crippen LogP contribution in [-0.2, 0) is 6.54 Å². The van der Waals surface area contributed by atoms with Gasteiger partial charge in [0, 0.05) is 58.2 Å². The van der Waals surface area contributed by atoms with Gasteiger partial charge in [-0.15, -0.1) is 0 Å². The number of hydrogen-bond acceptors (Lipinski definition) is 5. The van der Waals surface area contributed by atoms with E-state index in [0.717, 1.165) is 43.5 Å². The third-order valence-electron chi connectivity index (χ3n) is 4.22. The van der Waals surface area contributed by atoms with Crippen molar-refractivity contribution in [2.24, 2.45) is 4.99 Å². The molecule has 1 aliphatic rings. The van der Waals surface area contributed by atoms with Gasteiger partial charge in [0.05, 0.1) is 7.11 Å². The molecule has 0 amide bonds. The maximum atomic E-state index is 5.08. The Labute approximate surface area is 148 Å². The molecule has 132 valence electrons. The molecule has 0 aliphatic carbocycles. The van der Waals surface area contributed by atoms with Crippen molar-refractivity contribution in [3.63, 3.8) is 0 Å². The SMILES string of the molecule is CN=C(NCc1ccc(OC)nc1)N1CCN(c2ccccn2)CC1. The first-order valence-electron chi connectivity index (χ1n) is 8.40. The highest BCUT2D eigenvalue weighted by molar-refractivity contribution is 5.80. The normalized spacial score (nSPS) is 15.2. The predicted octanol–water partition coefficient (Wildman–Crippen LogP) is 1.38. The fourth-order valence-electron chi connectivity index (χ4n) is 2.84. The van der Waals surface area contributed by atoms with E-state index in [0.29, 0.717) is 12.4 Å². The topological polar surface area (TPSA) is 65.9 Å². The molecule has 7 heteroatoms. The molecule has 7 nitrogen and oxygen atoms in total. The first-order chi connectivity index (χ1) is 12.3. The first kappa shape index (κ1) is 17.0. The van der Waals surface area contributed by atoms with E-state index in [4.69, 9.17) is 4.74 Å². The van der Waals surface area contributed by atoms with Crippen LogP contribution in [0.1, 0.15) is 5.56 Å². The van der Waals surface area contributed by atoms with E-state index in [2.05, 4.69) is 36.1 Å². The second-order valence-corrected chi connectivity index (χ2v) is 5.77. The minimum Gasteiger partial charge on any atom is -0.481 e. The van der Waals surface area contributed by atoms with Gasteiger partial charge in [0.2, 0.25) is 5.88 Å². The number of piperazine rings is 1. The van der Waals surface area contributed by atoms with Gasteiger partial charge < -0.3 is 19.9 Å². The molecule has 0 atom stereocenters. The summed E-state index contributed by atoms with van der Waals surface area (Å²) in [6.45, 7) is 4.38. The zero-order chi connectivity index (χ0) is 17.5. The lowest BCUT2D eigenvalue weighted by molar-refractivity contribution is 0.371. The van der Waals surface area contributed by atoms with Crippen LogP contribution in [0.2, 0.25) is 0 Å². The number of nitrogens with zero attached hydrogens (tertiary/aromatic N) is 5. The van der Waals surface area contributed by atoms with Gasteiger partial charge >= 0.3 is 0 Å². The predicted molar refractivity (Wildman–Crippen MR) is 99.0 cm³/mol. The van der Waals surface area contributed by atoms with Crippen molar-refractivity contribution in [1.82, 2.24) is 20.2 Å². The maximum Gasteiger partial charge on any atom is 0.212 e. The van der Waals surface area contributed by atoms with Gasteiger partial charge in [-0.3, -0.25) is 4.99 Å². The number of ether oxygens (including phenoxy) is 1. The molecule has 1 saturated heterocycles. The largest absolute Gasteiger partial charge is 0.481 e. The first-order valence-corrected chi connectivity index (χ1v) is 8.40. The molecule has 0 radical (unpaired) electrons. The Morgan fingerprint density at radius 2 is 2.00 bits per heavy atom. The molecule has 25 heavy (non-hydrogen) atoms. The van der Waals surface area contributed by atoms with Gasteiger partial charge in [0.15, 0.2) is 5.96 Å². The molecule has 1 aliphatic heterocycles. The molecule has 3 rings (SSSR count). The van der Waals surface area contributed by atoms with E-state index in [1.807, 2.05) is 43.7 Å². The lowest BCUT2D eigenvalue weighted by Crippen LogP contribution is -2.52. The molecule has 0 unspecified atom stereocenters. The Balaban J connectivity index is 1.52. The average Bonchev–Trinajstić information content (AvgIpc) is 2.70. The van der Waals surface area contributed by atoms with E-state index < -0.39 is 0 Å². The second kappa shape index (κ2) is 8.32. The number of pyridine rings is 2. The van der Waals surface area contributed by atoms with Crippen LogP contribution in [0.25, 0.3) is 0 Å². The molecular formula is C18H24N6O. The Bertz CT molecular complexity index is 680. The van der Waals surface area contributed by atoms with E-state index in [9.17, 15) is 0 Å². The number of rotatable bonds is 4. The number of anilines is 1. The van der Waals surface area contributed by atoms with Crippen LogP contribution < -0.4 is 15.0 Å². The Morgan fingerprint density at radius 3 is 2.60 bits per heavy atom. The summed E-state index contributed by atoms with van der Waals surface area (Å²) in [5.41, 5.74) is 1.09. The Hall–Kier alpha value is -2.83. The van der Waals surface area contributed by atoms with Gasteiger partial charge in [-0.05, 0) is 17.7 Å². The summed E-state index contributed by atoms with van der Waals surface area (Å²) < 4.78 is 5.08. The van der Waals surface area contributed by atoms with Crippen molar-refractivity contribution < 1.29 is 4.74 Å². The van der Waals surface area contributed by atoms with E-state index in [1.165, 1.54) is 0 Å². The highest BCUT2D eigenvalue weighted by atomic mass is 16.5. The average molecular weight is 340 g/mol. The lowest BCUT2D eigenvalue weighted by atomic mass is 10.3. The van der Waals surface area contributed by atoms with E-state index in [-0.39, 0.29) is 0 Å². The highest BCUT2D eigenvalue weighted by Gasteiger charge is 2.20. The maximum absolute atomic E-state index is 5.08. The van der Waals surface area contributed by atoms with Crippen molar-refractivity contribution in [1.29, 1.82) is 0 Å². The zero-order valence-corrected chi connectivity index (χ0v) is 14.7. The van der Waals surface area contributed by atoms with Gasteiger partial charge in [0.1, 0.15) is 5.82 Å². The van der Waals surface area contributed by atoms with Crippen molar-refractivity contribution in [3.05, 3.63) is 48.3 Å². The number of hydrogen-bond donors (Lipinski definition) is 1. The molecule has 0 saturated carbocycles. The van der Waals surface area contributed by atoms with E-state index >= 15 is 0 Å². The standard InChI is InChI=1S/C18H24N6O/c1-19-18(22-14-15-6-7-17(25-2)21-13-15)24-11-9-23(10-12-24)16-5-3-4-8-20-16/h3-8,13H,9-12,14H2,1-2H3,(H,19,22). The van der Waals surface area contributed by atoms with Gasteiger partial charge in [-0.2, -0.15) is 0 Å². The molecule has 2 aromatic heterocycles. The fourth-order valence-corrected chi connectivity index (χ4v) is 2.84. The third-order valence-corrected chi connectivity index (χ3v) is 4.22. The minimum atomic E-state index is 0.624. The summed E-state index contributed by atoms with van der Waals surface area (Å²) in [6.07, 6.45) is 3.66. The Morgan fingerprint density at radius 1 is 1.16 bits per heavy atom. The van der Waals surface area contributed by atoms with Crippen LogP contribution >= 0.6 is 0 Å². The van der Waals surface area contributed by atoms with Crippen LogP contribution in [0.5, 0.6) is 5.88 Å². The van der Waals surface area contributed by atoms with Crippen LogP contribution in [-0.4, -0.2) is 61.2 Å². The summed E-state index contributed by atoms with van der Waals surface area (Å²) in [7, 11) is 3.44. The smallest absolute Gasteiger partial charge is 0.212 e.